The third-order valence-electron chi connectivity index (χ3n) is 0.421. The zero-order valence-corrected chi connectivity index (χ0v) is 9.29. The maximum absolute atomic E-state index is 8.17. The molecule has 40 valence electrons. The van der Waals surface area contributed by atoms with Crippen LogP contribution < -0.4 is 29.6 Å². The predicted molar refractivity (Wildman–Crippen MR) is 20.2 cm³/mol. The van der Waals surface area contributed by atoms with Crippen LogP contribution in [0, 0.1) is 0 Å². The summed E-state index contributed by atoms with van der Waals surface area (Å²) in [4.78, 5) is 0. The number of rotatable bonds is 2. The Balaban J connectivity index is -0.000000125. The first-order valence-corrected chi connectivity index (χ1v) is 1.71. The molecule has 0 aromatic rings. The van der Waals surface area contributed by atoms with E-state index in [2.05, 4.69) is 0 Å². The average molecular weight is 206 g/mol. The Kier molecular flexibility index (Phi) is 23.7. The van der Waals surface area contributed by atoms with Crippen molar-refractivity contribution in [3.8, 4) is 0 Å². The molecule has 0 aliphatic carbocycles. The van der Waals surface area contributed by atoms with E-state index in [1.807, 2.05) is 0 Å². The summed E-state index contributed by atoms with van der Waals surface area (Å²) in [5, 5.41) is 24.0. The van der Waals surface area contributed by atoms with E-state index >= 15 is 0 Å². The van der Waals surface area contributed by atoms with Crippen molar-refractivity contribution in [3.05, 3.63) is 0 Å². The van der Waals surface area contributed by atoms with Gasteiger partial charge in [0.1, 0.15) is 6.10 Å². The Morgan fingerprint density at radius 3 is 1.38 bits per heavy atom. The minimum Gasteiger partial charge on any atom is -0.394 e. The van der Waals surface area contributed by atoms with Gasteiger partial charge in [0.05, 0.1) is 13.2 Å². The van der Waals surface area contributed by atoms with Gasteiger partial charge in [0, 0.05) is 0 Å². The molecule has 0 aromatic carbocycles. The Morgan fingerprint density at radius 1 is 1.12 bits per heavy atom. The molecule has 3 nitrogen and oxygen atoms in total. The zero-order valence-electron chi connectivity index (χ0n) is 4.83. The molecule has 0 heterocycles. The number of hydrogen-bond acceptors (Lipinski definition) is 3. The van der Waals surface area contributed by atoms with E-state index in [0.717, 1.165) is 0 Å². The van der Waals surface area contributed by atoms with Gasteiger partial charge in [0.2, 0.25) is 0 Å². The molecule has 0 spiro atoms. The molecule has 0 fully saturated rings. The SMILES string of the molecule is OCC(O)CO.[Na+].[Zr+2]. The molecule has 8 heavy (non-hydrogen) atoms. The van der Waals surface area contributed by atoms with Gasteiger partial charge in [0.25, 0.3) is 0 Å². The van der Waals surface area contributed by atoms with Gasteiger partial charge in [0.15, 0.2) is 0 Å². The Labute approximate surface area is 89.5 Å². The number of aliphatic hydroxyl groups excluding tert-OH is 3. The van der Waals surface area contributed by atoms with E-state index in [-0.39, 0.29) is 69.0 Å². The third kappa shape index (κ3) is 10.7. The molecule has 0 aliphatic heterocycles. The number of hydrogen-bond donors (Lipinski definition) is 3. The summed E-state index contributed by atoms with van der Waals surface area (Å²) < 4.78 is 0. The molecule has 0 saturated carbocycles. The molecule has 0 rings (SSSR count). The van der Waals surface area contributed by atoms with Gasteiger partial charge in [-0.15, -0.1) is 0 Å². The van der Waals surface area contributed by atoms with Crippen LogP contribution >= 0.6 is 0 Å². The van der Waals surface area contributed by atoms with Gasteiger partial charge >= 0.3 is 55.8 Å². The quantitative estimate of drug-likeness (QED) is 0.398. The fourth-order valence-electron chi connectivity index (χ4n) is 0.0577. The van der Waals surface area contributed by atoms with Gasteiger partial charge in [-0.1, -0.05) is 0 Å². The van der Waals surface area contributed by atoms with Crippen LogP contribution in [0.2, 0.25) is 0 Å². The van der Waals surface area contributed by atoms with Crippen LogP contribution in [-0.4, -0.2) is 34.6 Å². The van der Waals surface area contributed by atoms with E-state index in [1.54, 1.807) is 0 Å². The standard InChI is InChI=1S/C3H8O3.Na.Zr/c4-1-3(6)2-5;;/h3-6H,1-2H2;;/q;+1;+2. The minimum atomic E-state index is -0.954. The van der Waals surface area contributed by atoms with Crippen LogP contribution in [0.15, 0.2) is 0 Å². The second-order valence-corrected chi connectivity index (χ2v) is 1.02. The Morgan fingerprint density at radius 2 is 1.38 bits per heavy atom. The summed E-state index contributed by atoms with van der Waals surface area (Å²) in [5.41, 5.74) is 0. The summed E-state index contributed by atoms with van der Waals surface area (Å²) in [6.45, 7) is -0.729. The van der Waals surface area contributed by atoms with Crippen LogP contribution in [0.5, 0.6) is 0 Å². The second-order valence-electron chi connectivity index (χ2n) is 1.02. The molecule has 3 N–H and O–H groups in total. The molecule has 0 bridgehead atoms. The van der Waals surface area contributed by atoms with Gasteiger partial charge in [-0.05, 0) is 0 Å². The van der Waals surface area contributed by atoms with Gasteiger partial charge < -0.3 is 15.3 Å². The van der Waals surface area contributed by atoms with Crippen LogP contribution in [0.1, 0.15) is 0 Å². The molecule has 0 aliphatic rings. The third-order valence-corrected chi connectivity index (χ3v) is 0.421. The van der Waals surface area contributed by atoms with Crippen molar-refractivity contribution in [2.24, 2.45) is 0 Å². The van der Waals surface area contributed by atoms with Crippen molar-refractivity contribution in [2.45, 2.75) is 6.10 Å². The second kappa shape index (κ2) is 11.5. The van der Waals surface area contributed by atoms with Crippen LogP contribution in [0.25, 0.3) is 0 Å². The maximum atomic E-state index is 8.17. The van der Waals surface area contributed by atoms with E-state index in [4.69, 9.17) is 15.3 Å². The monoisotopic (exact) mass is 205 g/mol. The zero-order chi connectivity index (χ0) is 4.99. The van der Waals surface area contributed by atoms with Crippen LogP contribution in [0.3, 0.4) is 0 Å². The van der Waals surface area contributed by atoms with Gasteiger partial charge in [-0.25, -0.2) is 0 Å². The maximum Gasteiger partial charge on any atom is 2.00 e. The van der Waals surface area contributed by atoms with E-state index < -0.39 is 6.10 Å². The Bertz CT molecular complexity index is 33.7. The normalized spacial score (nSPS) is 7.50. The predicted octanol–water partition coefficient (Wildman–Crippen LogP) is -4.67. The molecule has 0 saturated heterocycles. The van der Waals surface area contributed by atoms with Crippen molar-refractivity contribution in [3.63, 3.8) is 0 Å². The topological polar surface area (TPSA) is 60.7 Å². The van der Waals surface area contributed by atoms with Gasteiger partial charge in [-0.3, -0.25) is 0 Å². The summed E-state index contributed by atoms with van der Waals surface area (Å²) in [6, 6.07) is 0. The molecule has 0 atom stereocenters. The summed E-state index contributed by atoms with van der Waals surface area (Å²) in [6.07, 6.45) is -0.954. The summed E-state index contributed by atoms with van der Waals surface area (Å²) in [7, 11) is 0. The summed E-state index contributed by atoms with van der Waals surface area (Å²) in [5.74, 6) is 0. The molecule has 0 amide bonds. The Hall–Kier alpha value is 1.76. The van der Waals surface area contributed by atoms with E-state index in [9.17, 15) is 0 Å². The molecule has 0 aromatic heterocycles. The molecule has 0 radical (unpaired) electrons. The van der Waals surface area contributed by atoms with Crippen molar-refractivity contribution >= 4 is 0 Å². The summed E-state index contributed by atoms with van der Waals surface area (Å²) >= 11 is 0. The van der Waals surface area contributed by atoms with Crippen molar-refractivity contribution < 1.29 is 71.1 Å². The van der Waals surface area contributed by atoms with E-state index in [0.29, 0.717) is 0 Å². The van der Waals surface area contributed by atoms with Crippen molar-refractivity contribution in [1.29, 1.82) is 0 Å². The van der Waals surface area contributed by atoms with Crippen molar-refractivity contribution in [2.75, 3.05) is 13.2 Å². The first kappa shape index (κ1) is 16.4. The van der Waals surface area contributed by atoms with Crippen molar-refractivity contribution in [1.82, 2.24) is 0 Å². The van der Waals surface area contributed by atoms with Gasteiger partial charge in [-0.2, -0.15) is 0 Å². The average Bonchev–Trinajstić information content (AvgIpc) is 1.65. The molecular weight excluding hydrogens is 198 g/mol. The minimum absolute atomic E-state index is 0. The fourth-order valence-corrected chi connectivity index (χ4v) is 0.0577. The van der Waals surface area contributed by atoms with Crippen LogP contribution in [-0.2, 0) is 26.2 Å². The number of aliphatic hydroxyl groups is 3. The van der Waals surface area contributed by atoms with E-state index in [1.165, 1.54) is 0 Å². The smallest absolute Gasteiger partial charge is 0.394 e. The molecule has 5 heteroatoms. The first-order chi connectivity index (χ1) is 2.81. The van der Waals surface area contributed by atoms with Crippen LogP contribution in [0.4, 0.5) is 0 Å². The largest absolute Gasteiger partial charge is 2.00 e. The first-order valence-electron chi connectivity index (χ1n) is 1.71. The molecular formula is C3H8NaO3Zr+3. The fraction of sp³-hybridized carbons (Fsp3) is 1.00. The molecule has 0 unspecified atom stereocenters.